The molecule has 1 saturated carbocycles. The van der Waals surface area contributed by atoms with Crippen LogP contribution in [0.5, 0.6) is 0 Å². The lowest BCUT2D eigenvalue weighted by Gasteiger charge is -2.01. The number of rotatable bonds is 6. The Morgan fingerprint density at radius 3 is 3.05 bits per heavy atom. The number of hydrogen-bond donors (Lipinski definition) is 1. The predicted molar refractivity (Wildman–Crippen MR) is 75.0 cm³/mol. The van der Waals surface area contributed by atoms with Crippen molar-refractivity contribution in [2.45, 2.75) is 25.9 Å². The van der Waals surface area contributed by atoms with Crippen LogP contribution in [-0.2, 0) is 13.1 Å². The van der Waals surface area contributed by atoms with Crippen LogP contribution < -0.4 is 5.32 Å². The van der Waals surface area contributed by atoms with Gasteiger partial charge in [0, 0.05) is 11.6 Å². The number of nitrogens with one attached hydrogen (secondary N) is 1. The highest BCUT2D eigenvalue weighted by Gasteiger charge is 2.20. The van der Waals surface area contributed by atoms with Crippen LogP contribution in [0.4, 0.5) is 0 Å². The maximum Gasteiger partial charge on any atom is 0.0964 e. The van der Waals surface area contributed by atoms with Crippen molar-refractivity contribution >= 4 is 11.6 Å². The molecule has 0 unspecified atom stereocenters. The molecule has 1 aliphatic carbocycles. The van der Waals surface area contributed by atoms with Gasteiger partial charge in [0.25, 0.3) is 0 Å². The van der Waals surface area contributed by atoms with E-state index in [0.29, 0.717) is 6.54 Å². The predicted octanol–water partition coefficient (Wildman–Crippen LogP) is 2.48. The molecule has 1 heterocycles. The molecule has 0 atom stereocenters. The zero-order chi connectivity index (χ0) is 13.1. The van der Waals surface area contributed by atoms with Crippen LogP contribution in [-0.4, -0.2) is 21.5 Å². The normalized spacial score (nSPS) is 14.8. The van der Waals surface area contributed by atoms with Crippen molar-refractivity contribution in [1.82, 2.24) is 20.3 Å². The van der Waals surface area contributed by atoms with E-state index in [2.05, 4.69) is 15.6 Å². The molecule has 100 valence electrons. The van der Waals surface area contributed by atoms with E-state index in [1.807, 2.05) is 35.1 Å². The lowest BCUT2D eigenvalue weighted by molar-refractivity contribution is 0.627. The number of hydrogen-bond acceptors (Lipinski definition) is 3. The molecule has 1 aliphatic rings. The van der Waals surface area contributed by atoms with Crippen LogP contribution in [0.1, 0.15) is 24.1 Å². The SMILES string of the molecule is Clc1cccc(Cn2cc(CNCC3CC3)nn2)c1. The quantitative estimate of drug-likeness (QED) is 0.881. The highest BCUT2D eigenvalue weighted by molar-refractivity contribution is 6.30. The Balaban J connectivity index is 1.54. The molecule has 0 spiro atoms. The van der Waals surface area contributed by atoms with Gasteiger partial charge >= 0.3 is 0 Å². The van der Waals surface area contributed by atoms with Crippen molar-refractivity contribution in [3.63, 3.8) is 0 Å². The third-order valence-electron chi connectivity index (χ3n) is 3.26. The van der Waals surface area contributed by atoms with Gasteiger partial charge < -0.3 is 5.32 Å². The van der Waals surface area contributed by atoms with Crippen molar-refractivity contribution < 1.29 is 0 Å². The Hall–Kier alpha value is -1.39. The Morgan fingerprint density at radius 2 is 2.26 bits per heavy atom. The minimum atomic E-state index is 0.705. The smallest absolute Gasteiger partial charge is 0.0964 e. The fourth-order valence-electron chi connectivity index (χ4n) is 2.05. The van der Waals surface area contributed by atoms with Gasteiger partial charge in [0.2, 0.25) is 0 Å². The molecule has 0 saturated heterocycles. The maximum atomic E-state index is 5.97. The highest BCUT2D eigenvalue weighted by atomic mass is 35.5. The first-order chi connectivity index (χ1) is 9.29. The van der Waals surface area contributed by atoms with Gasteiger partial charge in [-0.25, -0.2) is 4.68 Å². The minimum absolute atomic E-state index is 0.705. The van der Waals surface area contributed by atoms with E-state index >= 15 is 0 Å². The summed E-state index contributed by atoms with van der Waals surface area (Å²) >= 11 is 5.97. The molecule has 1 aromatic heterocycles. The Labute approximate surface area is 117 Å². The lowest BCUT2D eigenvalue weighted by Crippen LogP contribution is -2.16. The fraction of sp³-hybridized carbons (Fsp3) is 0.429. The molecule has 5 heteroatoms. The standard InChI is InChI=1S/C14H17ClN4/c15-13-3-1-2-12(6-13)9-19-10-14(17-18-19)8-16-7-11-4-5-11/h1-3,6,10-11,16H,4-5,7-9H2. The summed E-state index contributed by atoms with van der Waals surface area (Å²) in [7, 11) is 0. The van der Waals surface area contributed by atoms with Gasteiger partial charge in [-0.1, -0.05) is 28.9 Å². The third-order valence-corrected chi connectivity index (χ3v) is 3.49. The van der Waals surface area contributed by atoms with Crippen LogP contribution in [0.15, 0.2) is 30.5 Å². The second-order valence-electron chi connectivity index (χ2n) is 5.11. The average Bonchev–Trinajstić information content (AvgIpc) is 3.10. The number of aromatic nitrogens is 3. The molecule has 0 aliphatic heterocycles. The molecule has 0 bridgehead atoms. The van der Waals surface area contributed by atoms with Gasteiger partial charge in [-0.15, -0.1) is 5.10 Å². The van der Waals surface area contributed by atoms with Crippen LogP contribution in [0.25, 0.3) is 0 Å². The van der Waals surface area contributed by atoms with Crippen LogP contribution in [0.3, 0.4) is 0 Å². The summed E-state index contributed by atoms with van der Waals surface area (Å²) in [6.45, 7) is 2.60. The molecule has 19 heavy (non-hydrogen) atoms. The highest BCUT2D eigenvalue weighted by Crippen LogP contribution is 2.27. The van der Waals surface area contributed by atoms with Gasteiger partial charge in [0.1, 0.15) is 0 Å². The third kappa shape index (κ3) is 3.78. The van der Waals surface area contributed by atoms with Crippen molar-refractivity contribution in [1.29, 1.82) is 0 Å². The first-order valence-corrected chi connectivity index (χ1v) is 7.01. The summed E-state index contributed by atoms with van der Waals surface area (Å²) in [5.41, 5.74) is 2.12. The largest absolute Gasteiger partial charge is 0.311 e. The molecule has 4 nitrogen and oxygen atoms in total. The van der Waals surface area contributed by atoms with Crippen molar-refractivity contribution in [3.05, 3.63) is 46.7 Å². The topological polar surface area (TPSA) is 42.7 Å². The Kier molecular flexibility index (Phi) is 3.80. The van der Waals surface area contributed by atoms with Crippen molar-refractivity contribution in [3.8, 4) is 0 Å². The van der Waals surface area contributed by atoms with E-state index in [0.717, 1.165) is 35.3 Å². The van der Waals surface area contributed by atoms with E-state index in [1.54, 1.807) is 0 Å². The van der Waals surface area contributed by atoms with Gasteiger partial charge in [0.05, 0.1) is 18.4 Å². The average molecular weight is 277 g/mol. The lowest BCUT2D eigenvalue weighted by atomic mass is 10.2. The summed E-state index contributed by atoms with van der Waals surface area (Å²) < 4.78 is 1.85. The molecule has 0 amide bonds. The first kappa shape index (κ1) is 12.6. The van der Waals surface area contributed by atoms with Gasteiger partial charge in [-0.3, -0.25) is 0 Å². The van der Waals surface area contributed by atoms with E-state index in [-0.39, 0.29) is 0 Å². The van der Waals surface area contributed by atoms with Gasteiger partial charge in [-0.05, 0) is 43.0 Å². The second-order valence-corrected chi connectivity index (χ2v) is 5.55. The molecular weight excluding hydrogens is 260 g/mol. The molecule has 1 N–H and O–H groups in total. The molecule has 2 aromatic rings. The summed E-state index contributed by atoms with van der Waals surface area (Å²) in [6.07, 6.45) is 4.73. The van der Waals surface area contributed by atoms with Crippen LogP contribution in [0, 0.1) is 5.92 Å². The Morgan fingerprint density at radius 1 is 1.37 bits per heavy atom. The van der Waals surface area contributed by atoms with Crippen LogP contribution >= 0.6 is 11.6 Å². The molecule has 3 rings (SSSR count). The summed E-state index contributed by atoms with van der Waals surface area (Å²) in [5.74, 6) is 0.890. The van der Waals surface area contributed by atoms with E-state index in [4.69, 9.17) is 11.6 Å². The van der Waals surface area contributed by atoms with Gasteiger partial charge in [-0.2, -0.15) is 0 Å². The van der Waals surface area contributed by atoms with E-state index in [1.165, 1.54) is 12.8 Å². The minimum Gasteiger partial charge on any atom is -0.311 e. The summed E-state index contributed by atoms with van der Waals surface area (Å²) in [6, 6.07) is 7.82. The summed E-state index contributed by atoms with van der Waals surface area (Å²) in [5, 5.41) is 12.5. The maximum absolute atomic E-state index is 5.97. The fourth-order valence-corrected chi connectivity index (χ4v) is 2.26. The number of nitrogens with zero attached hydrogens (tertiary/aromatic N) is 3. The number of halogens is 1. The first-order valence-electron chi connectivity index (χ1n) is 6.64. The second kappa shape index (κ2) is 5.72. The van der Waals surface area contributed by atoms with E-state index < -0.39 is 0 Å². The van der Waals surface area contributed by atoms with Crippen molar-refractivity contribution in [2.24, 2.45) is 5.92 Å². The zero-order valence-electron chi connectivity index (χ0n) is 10.7. The number of benzene rings is 1. The molecule has 1 fully saturated rings. The molecule has 0 radical (unpaired) electrons. The molecule has 1 aromatic carbocycles. The summed E-state index contributed by atoms with van der Waals surface area (Å²) in [4.78, 5) is 0. The zero-order valence-corrected chi connectivity index (χ0v) is 11.5. The van der Waals surface area contributed by atoms with Crippen molar-refractivity contribution in [2.75, 3.05) is 6.54 Å². The Bertz CT molecular complexity index is 548. The van der Waals surface area contributed by atoms with Gasteiger partial charge in [0.15, 0.2) is 0 Å². The molecular formula is C14H17ClN4. The van der Waals surface area contributed by atoms with E-state index in [9.17, 15) is 0 Å². The monoisotopic (exact) mass is 276 g/mol. The van der Waals surface area contributed by atoms with Crippen LogP contribution in [0.2, 0.25) is 5.02 Å².